The highest BCUT2D eigenvalue weighted by molar-refractivity contribution is 7.11. The molecular weight excluding hydrogens is 300 g/mol. The highest BCUT2D eigenvalue weighted by atomic mass is 32.1. The molecule has 0 aliphatic carbocycles. The van der Waals surface area contributed by atoms with E-state index in [1.165, 1.54) is 16.2 Å². The van der Waals surface area contributed by atoms with Crippen molar-refractivity contribution < 1.29 is 14.7 Å². The van der Waals surface area contributed by atoms with Crippen LogP contribution in [0.3, 0.4) is 0 Å². The topological polar surface area (TPSA) is 70.5 Å². The molecule has 1 amide bonds. The van der Waals surface area contributed by atoms with E-state index in [1.54, 1.807) is 24.4 Å². The molecule has 1 N–H and O–H groups in total. The van der Waals surface area contributed by atoms with Crippen LogP contribution in [0.2, 0.25) is 0 Å². The van der Waals surface area contributed by atoms with E-state index < -0.39 is 5.97 Å². The molecule has 0 fully saturated rings. The maximum absolute atomic E-state index is 12.6. The van der Waals surface area contributed by atoms with E-state index in [2.05, 4.69) is 4.98 Å². The summed E-state index contributed by atoms with van der Waals surface area (Å²) in [6, 6.07) is 7.16. The number of carbonyl (C=O) groups excluding carboxylic acids is 1. The summed E-state index contributed by atoms with van der Waals surface area (Å²) in [5.41, 5.74) is 1.47. The molecule has 0 aliphatic heterocycles. The summed E-state index contributed by atoms with van der Waals surface area (Å²) < 4.78 is 0. The minimum absolute atomic E-state index is 0.261. The lowest BCUT2D eigenvalue weighted by Crippen LogP contribution is -2.35. The van der Waals surface area contributed by atoms with Crippen molar-refractivity contribution in [1.29, 1.82) is 0 Å². The number of rotatable bonds is 6. The summed E-state index contributed by atoms with van der Waals surface area (Å²) in [4.78, 5) is 30.1. The van der Waals surface area contributed by atoms with Gasteiger partial charge in [0, 0.05) is 16.6 Å². The summed E-state index contributed by atoms with van der Waals surface area (Å²) in [6.45, 7) is 3.84. The second-order valence-corrected chi connectivity index (χ2v) is 6.20. The number of hydrogen-bond donors (Lipinski definition) is 1. The largest absolute Gasteiger partial charge is 0.480 e. The van der Waals surface area contributed by atoms with Gasteiger partial charge < -0.3 is 10.0 Å². The van der Waals surface area contributed by atoms with Crippen molar-refractivity contribution in [2.24, 2.45) is 0 Å². The lowest BCUT2D eigenvalue weighted by molar-refractivity contribution is -0.137. The maximum atomic E-state index is 12.6. The molecule has 1 heterocycles. The zero-order chi connectivity index (χ0) is 16.1. The Bertz CT molecular complexity index is 682. The second-order valence-electron chi connectivity index (χ2n) is 5.00. The first-order valence-electron chi connectivity index (χ1n) is 7.01. The number of nitrogens with zero attached hydrogens (tertiary/aromatic N) is 2. The van der Waals surface area contributed by atoms with E-state index >= 15 is 0 Å². The summed E-state index contributed by atoms with van der Waals surface area (Å²) in [5, 5.41) is 10.0. The van der Waals surface area contributed by atoms with Crippen LogP contribution in [-0.2, 0) is 17.8 Å². The first kappa shape index (κ1) is 16.2. The van der Waals surface area contributed by atoms with Gasteiger partial charge in [-0.05, 0) is 25.5 Å². The number of amides is 1. The van der Waals surface area contributed by atoms with Crippen LogP contribution in [-0.4, -0.2) is 33.4 Å². The molecule has 0 atom stereocenters. The first-order valence-corrected chi connectivity index (χ1v) is 7.82. The molecular formula is C16H18N2O3S. The van der Waals surface area contributed by atoms with E-state index in [9.17, 15) is 9.59 Å². The fraction of sp³-hybridized carbons (Fsp3) is 0.312. The van der Waals surface area contributed by atoms with Crippen molar-refractivity contribution in [3.8, 4) is 0 Å². The van der Waals surface area contributed by atoms with Gasteiger partial charge in [-0.25, -0.2) is 4.98 Å². The second kappa shape index (κ2) is 7.17. The normalized spacial score (nSPS) is 10.5. The van der Waals surface area contributed by atoms with Gasteiger partial charge in [0.05, 0.1) is 11.6 Å². The van der Waals surface area contributed by atoms with E-state index in [1.807, 2.05) is 19.9 Å². The standard InChI is InChI=1S/C16H18N2O3S/c1-3-14-17-8-13(22-14)9-18(10-15(19)20)16(21)12-6-4-5-11(2)7-12/h4-8H,3,9-10H2,1-2H3,(H,19,20). The number of carboxylic acid groups (broad SMARTS) is 1. The summed E-state index contributed by atoms with van der Waals surface area (Å²) in [6.07, 6.45) is 2.54. The summed E-state index contributed by atoms with van der Waals surface area (Å²) in [7, 11) is 0. The Balaban J connectivity index is 2.21. The fourth-order valence-electron chi connectivity index (χ4n) is 2.10. The third-order valence-electron chi connectivity index (χ3n) is 3.13. The monoisotopic (exact) mass is 318 g/mol. The van der Waals surface area contributed by atoms with E-state index in [4.69, 9.17) is 5.11 Å². The van der Waals surface area contributed by atoms with E-state index in [0.29, 0.717) is 5.56 Å². The van der Waals surface area contributed by atoms with Crippen LogP contribution in [0, 0.1) is 6.92 Å². The number of carbonyl (C=O) groups is 2. The van der Waals surface area contributed by atoms with Crippen LogP contribution in [0.5, 0.6) is 0 Å². The van der Waals surface area contributed by atoms with Crippen molar-refractivity contribution in [1.82, 2.24) is 9.88 Å². The van der Waals surface area contributed by atoms with Gasteiger partial charge in [-0.1, -0.05) is 24.6 Å². The molecule has 6 heteroatoms. The smallest absolute Gasteiger partial charge is 0.323 e. The number of aryl methyl sites for hydroxylation is 2. The Labute approximate surface area is 133 Å². The minimum atomic E-state index is -1.03. The number of benzene rings is 1. The lowest BCUT2D eigenvalue weighted by atomic mass is 10.1. The number of carboxylic acids is 1. The van der Waals surface area contributed by atoms with Gasteiger partial charge in [0.25, 0.3) is 5.91 Å². The number of aromatic nitrogens is 1. The maximum Gasteiger partial charge on any atom is 0.323 e. The molecule has 1 aromatic heterocycles. The van der Waals surface area contributed by atoms with Gasteiger partial charge in [0.1, 0.15) is 6.54 Å². The molecule has 0 radical (unpaired) electrons. The van der Waals surface area contributed by atoms with Crippen LogP contribution in [0.4, 0.5) is 0 Å². The number of hydrogen-bond acceptors (Lipinski definition) is 4. The Morgan fingerprint density at radius 3 is 2.73 bits per heavy atom. The minimum Gasteiger partial charge on any atom is -0.480 e. The van der Waals surface area contributed by atoms with Crippen molar-refractivity contribution in [3.63, 3.8) is 0 Å². The van der Waals surface area contributed by atoms with Crippen molar-refractivity contribution in [2.75, 3.05) is 6.54 Å². The molecule has 0 saturated heterocycles. The van der Waals surface area contributed by atoms with Gasteiger partial charge in [0.2, 0.25) is 0 Å². The van der Waals surface area contributed by atoms with Crippen molar-refractivity contribution in [2.45, 2.75) is 26.8 Å². The third kappa shape index (κ3) is 4.14. The van der Waals surface area contributed by atoms with Crippen LogP contribution in [0.1, 0.15) is 32.7 Å². The van der Waals surface area contributed by atoms with Gasteiger partial charge in [-0.2, -0.15) is 0 Å². The van der Waals surface area contributed by atoms with E-state index in [0.717, 1.165) is 21.9 Å². The van der Waals surface area contributed by atoms with E-state index in [-0.39, 0.29) is 19.0 Å². The predicted molar refractivity (Wildman–Crippen MR) is 85.0 cm³/mol. The molecule has 0 spiro atoms. The average molecular weight is 318 g/mol. The Kier molecular flexibility index (Phi) is 5.27. The molecule has 0 unspecified atom stereocenters. The van der Waals surface area contributed by atoms with Crippen LogP contribution in [0.15, 0.2) is 30.5 Å². The third-order valence-corrected chi connectivity index (χ3v) is 4.26. The Morgan fingerprint density at radius 2 is 2.14 bits per heavy atom. The van der Waals surface area contributed by atoms with Crippen molar-refractivity contribution >= 4 is 23.2 Å². The highest BCUT2D eigenvalue weighted by Crippen LogP contribution is 2.17. The molecule has 0 bridgehead atoms. The van der Waals surface area contributed by atoms with Crippen molar-refractivity contribution in [3.05, 3.63) is 51.5 Å². The van der Waals surface area contributed by atoms with Gasteiger partial charge in [0.15, 0.2) is 0 Å². The Morgan fingerprint density at radius 1 is 1.36 bits per heavy atom. The van der Waals surface area contributed by atoms with Crippen LogP contribution < -0.4 is 0 Å². The lowest BCUT2D eigenvalue weighted by Gasteiger charge is -2.20. The number of aliphatic carboxylic acids is 1. The molecule has 0 saturated carbocycles. The molecule has 22 heavy (non-hydrogen) atoms. The first-order chi connectivity index (χ1) is 10.5. The van der Waals surface area contributed by atoms with Crippen LogP contribution in [0.25, 0.3) is 0 Å². The fourth-order valence-corrected chi connectivity index (χ4v) is 2.97. The molecule has 1 aromatic carbocycles. The van der Waals surface area contributed by atoms with Gasteiger partial charge >= 0.3 is 5.97 Å². The average Bonchev–Trinajstić information content (AvgIpc) is 2.93. The van der Waals surface area contributed by atoms with Gasteiger partial charge in [-0.15, -0.1) is 11.3 Å². The molecule has 2 aromatic rings. The number of thiazole rings is 1. The zero-order valence-corrected chi connectivity index (χ0v) is 13.4. The molecule has 2 rings (SSSR count). The Hall–Kier alpha value is -2.21. The molecule has 116 valence electrons. The summed E-state index contributed by atoms with van der Waals surface area (Å²) >= 11 is 1.51. The zero-order valence-electron chi connectivity index (χ0n) is 12.6. The SMILES string of the molecule is CCc1ncc(CN(CC(=O)O)C(=O)c2cccc(C)c2)s1. The van der Waals surface area contributed by atoms with Crippen LogP contribution >= 0.6 is 11.3 Å². The summed E-state index contributed by atoms with van der Waals surface area (Å²) in [5.74, 6) is -1.31. The molecule has 0 aliphatic rings. The highest BCUT2D eigenvalue weighted by Gasteiger charge is 2.20. The quantitative estimate of drug-likeness (QED) is 0.889. The molecule has 5 nitrogen and oxygen atoms in total. The predicted octanol–water partition coefficient (Wildman–Crippen LogP) is 2.74. The van der Waals surface area contributed by atoms with Gasteiger partial charge in [-0.3, -0.25) is 9.59 Å².